The van der Waals surface area contributed by atoms with E-state index in [1.54, 1.807) is 0 Å². The van der Waals surface area contributed by atoms with Gasteiger partial charge in [0.1, 0.15) is 0 Å². The molecule has 0 saturated carbocycles. The maximum atomic E-state index is 2.89. The number of benzene rings is 14. The van der Waals surface area contributed by atoms with Crippen molar-refractivity contribution in [2.45, 2.75) is 267 Å². The topological polar surface area (TPSA) is 0 Å². The predicted molar refractivity (Wildman–Crippen MR) is 571 cm³/mol. The van der Waals surface area contributed by atoms with Crippen LogP contribution in [0.25, 0.3) is 10.8 Å². The molecule has 1 heteroatoms. The van der Waals surface area contributed by atoms with Crippen LogP contribution in [0.15, 0.2) is 455 Å². The third-order valence-corrected chi connectivity index (χ3v) is 10.6. The second-order valence-electron chi connectivity index (χ2n) is 20.9. The molecule has 0 heterocycles. The van der Waals surface area contributed by atoms with Crippen LogP contribution in [-0.2, 0) is 39.1 Å². The van der Waals surface area contributed by atoms with Gasteiger partial charge < -0.3 is 0 Å². The Labute approximate surface area is 788 Å². The average molecular weight is 1730 g/mol. The van der Waals surface area contributed by atoms with E-state index in [4.69, 9.17) is 0 Å². The molecule has 122 heavy (non-hydrogen) atoms. The van der Waals surface area contributed by atoms with E-state index < -0.39 is 0 Å². The van der Waals surface area contributed by atoms with Gasteiger partial charge in [0.2, 0.25) is 0 Å². The average Bonchev–Trinajstić information content (AvgIpc) is 0.876. The van der Waals surface area contributed by atoms with Gasteiger partial charge in [-0.3, -0.25) is 0 Å². The van der Waals surface area contributed by atoms with Crippen molar-refractivity contribution in [3.63, 3.8) is 0 Å². The zero-order chi connectivity index (χ0) is 94.6. The first kappa shape index (κ1) is 147. The molecule has 14 rings (SSSR count). The third kappa shape index (κ3) is 162. The minimum Gasteiger partial charge on any atom is -0.184 e. The summed E-state index contributed by atoms with van der Waals surface area (Å²) < 4.78 is 0. The van der Waals surface area contributed by atoms with Gasteiger partial charge in [-0.15, -0.1) is 0 Å². The van der Waals surface area contributed by atoms with Gasteiger partial charge >= 0.3 is 0 Å². The number of fused-ring (bicyclic) bond motifs is 1. The number of rotatable bonds is 2. The quantitative estimate of drug-likeness (QED) is 0.151. The molecule has 0 spiro atoms. The molecule has 0 aromatic heterocycles. The SMILES string of the molecule is CC.CC.CC.CC.CC.CC.CC.CC.CC.CC.CC.CCC.CCC.CCC.CCC.CCC.Cc1ccccc1.[Y].[c-]1ccccc1.[c-]1ccccc1.c1ccc(Cc2ccccc2)cc1.c1ccc2ccccc2c1.c1ccccc1.c1ccccc1.c1ccccc1.c1ccccc1.c1ccccc1.c1ccccc1.c1ccccc1. The smallest absolute Gasteiger partial charge is 0 e. The van der Waals surface area contributed by atoms with Gasteiger partial charge in [0.15, 0.2) is 0 Å². The van der Waals surface area contributed by atoms with Crippen LogP contribution in [0.3, 0.4) is 0 Å². The van der Waals surface area contributed by atoms with Crippen molar-refractivity contribution in [2.24, 2.45) is 0 Å². The van der Waals surface area contributed by atoms with E-state index in [0.717, 1.165) is 6.42 Å². The summed E-state index contributed by atoms with van der Waals surface area (Å²) in [6.07, 6.45) is 7.28. The van der Waals surface area contributed by atoms with Gasteiger partial charge in [-0.25, -0.2) is 0 Å². The Balaban J connectivity index is -0.0000000764. The minimum absolute atomic E-state index is 0. The van der Waals surface area contributed by atoms with Gasteiger partial charge in [0.05, 0.1) is 0 Å². The first-order chi connectivity index (χ1) is 59.9. The molecule has 0 aliphatic carbocycles. The molecule has 0 unspecified atom stereocenters. The van der Waals surface area contributed by atoms with Crippen LogP contribution in [0.4, 0.5) is 0 Å². The maximum Gasteiger partial charge on any atom is 0 e. The van der Waals surface area contributed by atoms with Gasteiger partial charge in [-0.2, -0.15) is 72.8 Å². The molecule has 0 amide bonds. The van der Waals surface area contributed by atoms with E-state index in [2.05, 4.69) is 210 Å². The van der Waals surface area contributed by atoms with Gasteiger partial charge in [-0.05, 0) is 35.2 Å². The summed E-state index contributed by atoms with van der Waals surface area (Å²) in [7, 11) is 0. The first-order valence-corrected chi connectivity index (χ1v) is 46.2. The molecule has 14 aromatic rings. The van der Waals surface area contributed by atoms with Crippen LogP contribution in [0.1, 0.15) is 270 Å². The van der Waals surface area contributed by atoms with Crippen molar-refractivity contribution >= 4 is 10.8 Å². The summed E-state index contributed by atoms with van der Waals surface area (Å²) in [6, 6.07) is 157. The van der Waals surface area contributed by atoms with Crippen LogP contribution >= 0.6 is 0 Å². The number of hydrogen-bond donors (Lipinski definition) is 0. The Hall–Kier alpha value is -9.56. The number of aryl methyl sites for hydroxylation is 1. The largest absolute Gasteiger partial charge is 0.184 e. The van der Waals surface area contributed by atoms with Crippen LogP contribution in [0.2, 0.25) is 0 Å². The van der Waals surface area contributed by atoms with Crippen molar-refractivity contribution in [3.8, 4) is 0 Å². The third-order valence-electron chi connectivity index (χ3n) is 10.6. The standard InChI is InChI=1S/C13H12.C10H8.C7H8.7C6H6.2C6H5.5C3H8.11C2H6.Y/c1-3-7-12(8-4-1)11-13-9-5-2-6-10-13;1-2-6-10-8-4-3-7-9(10)5-1;1-7-5-3-2-4-6-7;9*1-2-4-6-5-3-1;5*1-3-2;11*1-2;/h1-10H,11H2;1-8H;2-6H,1H3;7*1-6H;2*1-5H;5*3H2,1-2H3;11*1-2H3;/q;;;;;;;;;;2*-1;;;;;;;;;;;;;;;;;. The normalized spacial score (nSPS) is 7.19. The van der Waals surface area contributed by atoms with Crippen molar-refractivity contribution < 1.29 is 32.7 Å². The molecule has 14 aromatic carbocycles. The molecule has 0 bridgehead atoms. The van der Waals surface area contributed by atoms with Gasteiger partial charge in [0.25, 0.3) is 0 Å². The van der Waals surface area contributed by atoms with Gasteiger partial charge in [0, 0.05) is 32.7 Å². The fourth-order valence-electron chi connectivity index (χ4n) is 6.47. The Bertz CT molecular complexity index is 2640. The molecule has 0 aliphatic rings. The molecule has 0 aliphatic heterocycles. The van der Waals surface area contributed by atoms with Crippen LogP contribution < -0.4 is 0 Å². The van der Waals surface area contributed by atoms with Crippen molar-refractivity contribution in [1.82, 2.24) is 0 Å². The van der Waals surface area contributed by atoms with E-state index in [1.807, 2.05) is 486 Å². The molecule has 0 saturated heterocycles. The summed E-state index contributed by atoms with van der Waals surface area (Å²) in [4.78, 5) is 0. The zero-order valence-corrected chi connectivity index (χ0v) is 87.5. The van der Waals surface area contributed by atoms with Gasteiger partial charge in [-0.1, -0.05) is 654 Å². The van der Waals surface area contributed by atoms with E-state index in [9.17, 15) is 0 Å². The molecule has 0 nitrogen and oxygen atoms in total. The van der Waals surface area contributed by atoms with Crippen LogP contribution in [-0.4, -0.2) is 0 Å². The summed E-state index contributed by atoms with van der Waals surface area (Å²) in [5.41, 5.74) is 4.06. The fourth-order valence-corrected chi connectivity index (χ4v) is 6.47. The predicted octanol–water partition coefficient (Wildman–Crippen LogP) is 41.3. The fraction of sp³-hybridized carbons (Fsp3) is 0.322. The summed E-state index contributed by atoms with van der Waals surface area (Å²) in [5.74, 6) is 0. The van der Waals surface area contributed by atoms with E-state index in [0.29, 0.717) is 0 Å². The molecular weight excluding hydrogens is 1540 g/mol. The van der Waals surface area contributed by atoms with Crippen molar-refractivity contribution in [3.05, 3.63) is 484 Å². The molecule has 0 fully saturated rings. The monoisotopic (exact) mass is 1730 g/mol. The van der Waals surface area contributed by atoms with E-state index in [-0.39, 0.29) is 32.7 Å². The Morgan fingerprint density at radius 3 is 0.336 bits per heavy atom. The Morgan fingerprint density at radius 2 is 0.246 bits per heavy atom. The summed E-state index contributed by atoms with van der Waals surface area (Å²) in [6.45, 7) is 67.3. The molecule has 675 valence electrons. The molecule has 0 N–H and O–H groups in total. The molecule has 0 atom stereocenters. The minimum atomic E-state index is 0. The zero-order valence-electron chi connectivity index (χ0n) is 84.6. The summed E-state index contributed by atoms with van der Waals surface area (Å²) in [5, 5.41) is 2.62. The van der Waals surface area contributed by atoms with Crippen molar-refractivity contribution in [2.75, 3.05) is 0 Å². The molecule has 1 radical (unpaired) electrons. The Morgan fingerprint density at radius 1 is 0.148 bits per heavy atom. The first-order valence-electron chi connectivity index (χ1n) is 46.2. The van der Waals surface area contributed by atoms with Crippen LogP contribution in [0, 0.1) is 19.1 Å². The second kappa shape index (κ2) is 174. The Kier molecular flexibility index (Phi) is 209. The van der Waals surface area contributed by atoms with Crippen molar-refractivity contribution in [1.29, 1.82) is 0 Å². The van der Waals surface area contributed by atoms with E-state index in [1.165, 1.54) is 59.6 Å². The van der Waals surface area contributed by atoms with E-state index >= 15 is 0 Å². The second-order valence-corrected chi connectivity index (χ2v) is 20.9. The maximum absolute atomic E-state index is 2.89. The number of hydrogen-bond acceptors (Lipinski definition) is 0. The van der Waals surface area contributed by atoms with Crippen LogP contribution in [0.5, 0.6) is 0 Å². The summed E-state index contributed by atoms with van der Waals surface area (Å²) >= 11 is 0. The molecular formula is C121H186Y-2.